The molecule has 0 atom stereocenters. The number of phenolic OH excluding ortho intramolecular Hbond substituents is 1. The van der Waals surface area contributed by atoms with Gasteiger partial charge in [-0.15, -0.1) is 0 Å². The van der Waals surface area contributed by atoms with Crippen LogP contribution < -0.4 is 15.4 Å². The van der Waals surface area contributed by atoms with E-state index >= 15 is 0 Å². The Labute approximate surface area is 333 Å². The minimum atomic E-state index is -4.57. The maximum atomic E-state index is 12.7. The van der Waals surface area contributed by atoms with Crippen LogP contribution in [0.15, 0.2) is 72.8 Å². The zero-order chi connectivity index (χ0) is 41.7. The molecule has 3 N–H and O–H groups in total. The first-order valence-corrected chi connectivity index (χ1v) is 16.8. The average Bonchev–Trinajstić information content (AvgIpc) is 3.08. The van der Waals surface area contributed by atoms with E-state index in [1.807, 2.05) is 0 Å². The molecule has 2 amide bonds. The Morgan fingerprint density at radius 1 is 0.636 bits per heavy atom. The second-order valence-corrected chi connectivity index (χ2v) is 12.0. The lowest BCUT2D eigenvalue weighted by Crippen LogP contribution is -2.17. The van der Waals surface area contributed by atoms with Crippen molar-refractivity contribution in [3.8, 4) is 11.5 Å². The molecule has 4 aromatic rings. The number of aromatic hydroxyl groups is 1. The van der Waals surface area contributed by atoms with E-state index in [0.29, 0.717) is 18.7 Å². The fraction of sp³-hybridized carbons (Fsp3) is 0.176. The molecule has 0 aromatic heterocycles. The van der Waals surface area contributed by atoms with Crippen LogP contribution in [0.25, 0.3) is 0 Å². The lowest BCUT2D eigenvalue weighted by atomic mass is 10.1. The molecule has 0 heterocycles. The number of hydrogen-bond acceptors (Lipinski definition) is 8. The molecule has 0 saturated carbocycles. The van der Waals surface area contributed by atoms with Gasteiger partial charge in [-0.05, 0) is 86.6 Å². The number of halogens is 11. The summed E-state index contributed by atoms with van der Waals surface area (Å²) < 4.78 is 89.4. The summed E-state index contributed by atoms with van der Waals surface area (Å²) in [5, 5.41) is 14.1. The highest BCUT2D eigenvalue weighted by atomic mass is 35.5. The molecule has 0 spiro atoms. The van der Waals surface area contributed by atoms with Crippen LogP contribution in [0.2, 0.25) is 20.1 Å². The summed E-state index contributed by atoms with van der Waals surface area (Å²) in [6.07, 6.45) is -10.1. The van der Waals surface area contributed by atoms with Gasteiger partial charge in [-0.2, -0.15) is 26.3 Å². The highest BCUT2D eigenvalue weighted by Crippen LogP contribution is 2.36. The van der Waals surface area contributed by atoms with Gasteiger partial charge in [0.05, 0.1) is 56.9 Å². The predicted molar refractivity (Wildman–Crippen MR) is 194 cm³/mol. The highest BCUT2D eigenvalue weighted by Gasteiger charge is 2.32. The number of ether oxygens (including phenoxy) is 3. The largest absolute Gasteiger partial charge is 0.513 e. The average molecular weight is 881 g/mol. The second kappa shape index (κ2) is 20.9. The van der Waals surface area contributed by atoms with Gasteiger partial charge in [-0.25, -0.2) is 9.59 Å². The maximum absolute atomic E-state index is 12.7. The lowest BCUT2D eigenvalue weighted by molar-refractivity contribution is -0.138. The Morgan fingerprint density at radius 3 is 1.47 bits per heavy atom. The Kier molecular flexibility index (Phi) is 17.7. The van der Waals surface area contributed by atoms with Crippen LogP contribution in [0.3, 0.4) is 0 Å². The van der Waals surface area contributed by atoms with Gasteiger partial charge in [-0.1, -0.05) is 46.4 Å². The fourth-order valence-corrected chi connectivity index (χ4v) is 4.68. The molecule has 0 bridgehead atoms. The molecule has 55 heavy (non-hydrogen) atoms. The molecule has 4 aromatic carbocycles. The summed E-state index contributed by atoms with van der Waals surface area (Å²) in [6.45, 7) is 3.68. The third-order valence-corrected chi connectivity index (χ3v) is 7.40. The van der Waals surface area contributed by atoms with Gasteiger partial charge in [0.25, 0.3) is 11.8 Å². The van der Waals surface area contributed by atoms with Crippen molar-refractivity contribution in [2.75, 3.05) is 23.8 Å². The third kappa shape index (κ3) is 15.2. The summed E-state index contributed by atoms with van der Waals surface area (Å²) in [4.78, 5) is 45.6. The predicted octanol–water partition coefficient (Wildman–Crippen LogP) is 12.2. The molecule has 0 saturated heterocycles. The molecule has 21 heteroatoms. The van der Waals surface area contributed by atoms with E-state index in [2.05, 4.69) is 20.1 Å². The van der Waals surface area contributed by atoms with Crippen LogP contribution in [0.1, 0.15) is 45.7 Å². The SMILES string of the molecule is CCOC(=O)Cl.CCOC(=O)Oc1ccc(Cl)cc1C(=O)Nc1ccc(C(F)(F)F)cc1Cl.O=C(Nc1ccc(C(F)(F)F)cc1Cl)c1cc(Cl)ccc1O. The highest BCUT2D eigenvalue weighted by molar-refractivity contribution is 6.61. The van der Waals surface area contributed by atoms with E-state index in [9.17, 15) is 50.6 Å². The van der Waals surface area contributed by atoms with Gasteiger partial charge in [0.1, 0.15) is 11.5 Å². The number of anilines is 2. The number of alkyl halides is 6. The molecule has 0 radical (unpaired) electrons. The molecule has 0 aliphatic rings. The Hall–Kier alpha value is -4.61. The topological polar surface area (TPSA) is 140 Å². The van der Waals surface area contributed by atoms with Crippen molar-refractivity contribution in [1.82, 2.24) is 0 Å². The molecule has 296 valence electrons. The van der Waals surface area contributed by atoms with Crippen molar-refractivity contribution < 1.29 is 64.8 Å². The Balaban J connectivity index is 0.000000336. The van der Waals surface area contributed by atoms with E-state index in [4.69, 9.17) is 62.7 Å². The second-order valence-electron chi connectivity index (χ2n) is 10.1. The zero-order valence-electron chi connectivity index (χ0n) is 27.8. The number of nitrogens with one attached hydrogen (secondary N) is 2. The first kappa shape index (κ1) is 46.5. The van der Waals surface area contributed by atoms with E-state index in [0.717, 1.165) is 24.3 Å². The number of phenols is 1. The molecule has 0 unspecified atom stereocenters. The monoisotopic (exact) mass is 878 g/mol. The van der Waals surface area contributed by atoms with Gasteiger partial charge in [0.15, 0.2) is 0 Å². The quantitative estimate of drug-likeness (QED) is 0.0721. The van der Waals surface area contributed by atoms with E-state index < -0.39 is 46.9 Å². The lowest BCUT2D eigenvalue weighted by Gasteiger charge is -2.13. The summed E-state index contributed by atoms with van der Waals surface area (Å²) in [7, 11) is 0. The zero-order valence-corrected chi connectivity index (χ0v) is 31.6. The smallest absolute Gasteiger partial charge is 0.507 e. The summed E-state index contributed by atoms with van der Waals surface area (Å²) in [5.41, 5.74) is -2.95. The fourth-order valence-electron chi connectivity index (χ4n) is 3.77. The van der Waals surface area contributed by atoms with Crippen molar-refractivity contribution in [1.29, 1.82) is 0 Å². The van der Waals surface area contributed by atoms with Crippen molar-refractivity contribution in [2.24, 2.45) is 0 Å². The van der Waals surface area contributed by atoms with Crippen LogP contribution in [-0.2, 0) is 21.8 Å². The first-order chi connectivity index (χ1) is 25.6. The Morgan fingerprint density at radius 2 is 1.07 bits per heavy atom. The maximum Gasteiger partial charge on any atom is 0.513 e. The third-order valence-electron chi connectivity index (χ3n) is 6.19. The van der Waals surface area contributed by atoms with Gasteiger partial charge in [0.2, 0.25) is 0 Å². The minimum Gasteiger partial charge on any atom is -0.507 e. The Bertz CT molecular complexity index is 2020. The summed E-state index contributed by atoms with van der Waals surface area (Å²) >= 11 is 27.9. The van der Waals surface area contributed by atoms with Crippen LogP contribution in [0.4, 0.5) is 47.3 Å². The minimum absolute atomic E-state index is 0.0148. The number of carbonyl (C=O) groups is 4. The number of amides is 2. The van der Waals surface area contributed by atoms with Gasteiger partial charge in [0, 0.05) is 21.6 Å². The van der Waals surface area contributed by atoms with Crippen molar-refractivity contribution >= 4 is 92.8 Å². The van der Waals surface area contributed by atoms with E-state index in [1.165, 1.54) is 36.4 Å². The van der Waals surface area contributed by atoms with Crippen LogP contribution in [0.5, 0.6) is 11.5 Å². The van der Waals surface area contributed by atoms with Crippen molar-refractivity contribution in [3.05, 3.63) is 115 Å². The number of hydrogen-bond donors (Lipinski definition) is 3. The number of benzene rings is 4. The first-order valence-electron chi connectivity index (χ1n) is 14.9. The molecule has 0 fully saturated rings. The summed E-state index contributed by atoms with van der Waals surface area (Å²) in [5.74, 6) is -2.00. The van der Waals surface area contributed by atoms with Crippen LogP contribution >= 0.6 is 58.0 Å². The van der Waals surface area contributed by atoms with E-state index in [-0.39, 0.29) is 60.7 Å². The van der Waals surface area contributed by atoms with Crippen molar-refractivity contribution in [3.63, 3.8) is 0 Å². The molecule has 0 aliphatic heterocycles. The summed E-state index contributed by atoms with van der Waals surface area (Å²) in [6, 6.07) is 12.7. The molecular weight excluding hydrogens is 856 g/mol. The van der Waals surface area contributed by atoms with Crippen LogP contribution in [-0.4, -0.2) is 41.7 Å². The normalized spacial score (nSPS) is 10.8. The molecule has 4 rings (SSSR count). The van der Waals surface area contributed by atoms with Crippen molar-refractivity contribution in [2.45, 2.75) is 26.2 Å². The molecule has 0 aliphatic carbocycles. The number of carbonyl (C=O) groups excluding carboxylic acids is 4. The van der Waals surface area contributed by atoms with Gasteiger partial charge >= 0.3 is 23.9 Å². The van der Waals surface area contributed by atoms with Gasteiger partial charge in [-0.3, -0.25) is 9.59 Å². The molecular formula is C34H25Cl5F6N2O8. The van der Waals surface area contributed by atoms with E-state index in [1.54, 1.807) is 13.8 Å². The van der Waals surface area contributed by atoms with Gasteiger partial charge < -0.3 is 30.0 Å². The van der Waals surface area contributed by atoms with Crippen LogP contribution in [0, 0.1) is 0 Å². The molecule has 10 nitrogen and oxygen atoms in total. The standard InChI is InChI=1S/C17H12Cl2F3NO4.C14H8Cl2F3NO2.C3H5ClO2/c1-2-26-16(25)27-14-6-4-10(18)8-11(14)15(24)23-13-5-3-9(7-12(13)19)17(20,21)22;15-8-2-4-12(21)9(6-8)13(22)20-11-3-1-7(5-10(11)16)14(17,18)19;1-2-6-3(4)5/h3-8H,2H2,1H3,(H,23,24);1-6,21H,(H,20,22);2H2,1H3. The number of rotatable bonds is 7.